The van der Waals surface area contributed by atoms with Crippen molar-refractivity contribution in [2.75, 3.05) is 32.4 Å². The molecule has 0 radical (unpaired) electrons. The summed E-state index contributed by atoms with van der Waals surface area (Å²) in [7, 11) is 4.58. The van der Waals surface area contributed by atoms with E-state index in [9.17, 15) is 4.79 Å². The van der Waals surface area contributed by atoms with Gasteiger partial charge < -0.3 is 25.3 Å². The summed E-state index contributed by atoms with van der Waals surface area (Å²) in [5.41, 5.74) is 9.44. The Hall–Kier alpha value is -3.67. The van der Waals surface area contributed by atoms with Crippen LogP contribution >= 0.6 is 0 Å². The maximum absolute atomic E-state index is 12.8. The zero-order valence-electron chi connectivity index (χ0n) is 16.0. The third-order valence-electron chi connectivity index (χ3n) is 4.27. The quantitative estimate of drug-likeness (QED) is 0.628. The number of carbonyl (C=O) groups excluding carboxylic acids is 1. The molecular weight excluding hydrogens is 356 g/mol. The third kappa shape index (κ3) is 4.01. The number of anilines is 2. The number of nitrogens with one attached hydrogen (secondary N) is 1. The highest BCUT2D eigenvalue weighted by molar-refractivity contribution is 6.05. The minimum absolute atomic E-state index is 0.250. The topological polar surface area (TPSA) is 82.8 Å². The Morgan fingerprint density at radius 1 is 0.821 bits per heavy atom. The van der Waals surface area contributed by atoms with Gasteiger partial charge in [0.15, 0.2) is 11.5 Å². The van der Waals surface area contributed by atoms with Crippen molar-refractivity contribution in [3.8, 4) is 28.4 Å². The van der Waals surface area contributed by atoms with Crippen LogP contribution in [0.15, 0.2) is 60.7 Å². The van der Waals surface area contributed by atoms with Crippen LogP contribution in [0, 0.1) is 0 Å². The Morgan fingerprint density at radius 2 is 1.43 bits per heavy atom. The number of ether oxygens (including phenoxy) is 3. The van der Waals surface area contributed by atoms with Gasteiger partial charge in [0.1, 0.15) is 0 Å². The molecule has 0 atom stereocenters. The molecule has 0 aliphatic carbocycles. The number of benzene rings is 3. The molecule has 28 heavy (non-hydrogen) atoms. The predicted molar refractivity (Wildman–Crippen MR) is 110 cm³/mol. The molecule has 0 heterocycles. The van der Waals surface area contributed by atoms with Crippen molar-refractivity contribution in [1.82, 2.24) is 0 Å². The summed E-state index contributed by atoms with van der Waals surface area (Å²) in [6.07, 6.45) is 0. The molecule has 0 aromatic heterocycles. The summed E-state index contributed by atoms with van der Waals surface area (Å²) < 4.78 is 16.0. The van der Waals surface area contributed by atoms with Crippen LogP contribution in [-0.4, -0.2) is 27.2 Å². The summed E-state index contributed by atoms with van der Waals surface area (Å²) >= 11 is 0. The fourth-order valence-corrected chi connectivity index (χ4v) is 2.91. The monoisotopic (exact) mass is 378 g/mol. The molecule has 0 aliphatic rings. The van der Waals surface area contributed by atoms with E-state index in [1.165, 1.54) is 21.3 Å². The van der Waals surface area contributed by atoms with Crippen LogP contribution in [-0.2, 0) is 0 Å². The first-order chi connectivity index (χ1) is 13.5. The van der Waals surface area contributed by atoms with E-state index < -0.39 is 0 Å². The molecule has 6 nitrogen and oxygen atoms in total. The standard InChI is InChI=1S/C22H22N2O4/c1-26-19-12-18(13-20(27-2)21(19)28-3)24-22(25)16-8-4-6-14(10-16)15-7-5-9-17(23)11-15/h4-13H,23H2,1-3H3,(H,24,25). The fourth-order valence-electron chi connectivity index (χ4n) is 2.91. The fraction of sp³-hybridized carbons (Fsp3) is 0.136. The molecule has 0 aliphatic heterocycles. The van der Waals surface area contributed by atoms with Gasteiger partial charge in [0, 0.05) is 29.1 Å². The molecule has 3 rings (SSSR count). The van der Waals surface area contributed by atoms with Gasteiger partial charge in [-0.3, -0.25) is 4.79 Å². The number of methoxy groups -OCH3 is 3. The average molecular weight is 378 g/mol. The number of nitrogens with two attached hydrogens (primary N) is 1. The van der Waals surface area contributed by atoms with Crippen LogP contribution in [0.1, 0.15) is 10.4 Å². The van der Waals surface area contributed by atoms with Crippen LogP contribution in [0.4, 0.5) is 11.4 Å². The largest absolute Gasteiger partial charge is 0.493 e. The highest BCUT2D eigenvalue weighted by Gasteiger charge is 2.15. The Morgan fingerprint density at radius 3 is 2.00 bits per heavy atom. The van der Waals surface area contributed by atoms with E-state index in [0.717, 1.165) is 11.1 Å². The zero-order chi connectivity index (χ0) is 20.1. The molecule has 1 amide bonds. The van der Waals surface area contributed by atoms with Crippen molar-refractivity contribution in [3.63, 3.8) is 0 Å². The maximum Gasteiger partial charge on any atom is 0.255 e. The van der Waals surface area contributed by atoms with Gasteiger partial charge in [0.05, 0.1) is 21.3 Å². The molecule has 0 saturated carbocycles. The molecular formula is C22H22N2O4. The summed E-state index contributed by atoms with van der Waals surface area (Å²) in [5, 5.41) is 2.87. The lowest BCUT2D eigenvalue weighted by Gasteiger charge is -2.15. The summed E-state index contributed by atoms with van der Waals surface area (Å²) in [5.74, 6) is 1.14. The molecule has 0 bridgehead atoms. The van der Waals surface area contributed by atoms with Gasteiger partial charge in [0.2, 0.25) is 5.75 Å². The van der Waals surface area contributed by atoms with E-state index in [1.807, 2.05) is 42.5 Å². The van der Waals surface area contributed by atoms with Gasteiger partial charge in [-0.2, -0.15) is 0 Å². The van der Waals surface area contributed by atoms with Gasteiger partial charge in [-0.05, 0) is 35.4 Å². The third-order valence-corrected chi connectivity index (χ3v) is 4.27. The van der Waals surface area contributed by atoms with Crippen LogP contribution in [0.2, 0.25) is 0 Å². The van der Waals surface area contributed by atoms with Gasteiger partial charge in [-0.1, -0.05) is 24.3 Å². The summed E-state index contributed by atoms with van der Waals surface area (Å²) in [6.45, 7) is 0. The SMILES string of the molecule is COc1cc(NC(=O)c2cccc(-c3cccc(N)c3)c2)cc(OC)c1OC. The Labute approximate surface area is 163 Å². The van der Waals surface area contributed by atoms with Gasteiger partial charge in [-0.15, -0.1) is 0 Å². The summed E-state index contributed by atoms with van der Waals surface area (Å²) in [6, 6.07) is 18.2. The number of amides is 1. The highest BCUT2D eigenvalue weighted by Crippen LogP contribution is 2.40. The first kappa shape index (κ1) is 19.1. The van der Waals surface area contributed by atoms with Crippen LogP contribution in [0.3, 0.4) is 0 Å². The molecule has 3 N–H and O–H groups in total. The molecule has 6 heteroatoms. The Balaban J connectivity index is 1.89. The number of nitrogen functional groups attached to an aromatic ring is 1. The predicted octanol–water partition coefficient (Wildman–Crippen LogP) is 4.21. The number of rotatable bonds is 6. The van der Waals surface area contributed by atoms with E-state index in [0.29, 0.717) is 34.2 Å². The lowest BCUT2D eigenvalue weighted by atomic mass is 10.0. The lowest BCUT2D eigenvalue weighted by Crippen LogP contribution is -2.12. The van der Waals surface area contributed by atoms with Crippen molar-refractivity contribution in [2.24, 2.45) is 0 Å². The Kier molecular flexibility index (Phi) is 5.69. The first-order valence-electron chi connectivity index (χ1n) is 8.63. The minimum Gasteiger partial charge on any atom is -0.493 e. The molecule has 0 unspecified atom stereocenters. The van der Waals surface area contributed by atoms with Crippen LogP contribution in [0.5, 0.6) is 17.2 Å². The van der Waals surface area contributed by atoms with Crippen molar-refractivity contribution in [2.45, 2.75) is 0 Å². The number of hydrogen-bond donors (Lipinski definition) is 2. The molecule has 144 valence electrons. The van der Waals surface area contributed by atoms with Crippen molar-refractivity contribution >= 4 is 17.3 Å². The van der Waals surface area contributed by atoms with Crippen molar-refractivity contribution in [1.29, 1.82) is 0 Å². The van der Waals surface area contributed by atoms with E-state index in [1.54, 1.807) is 18.2 Å². The second-order valence-corrected chi connectivity index (χ2v) is 6.07. The highest BCUT2D eigenvalue weighted by atomic mass is 16.5. The molecule has 0 spiro atoms. The normalized spacial score (nSPS) is 10.2. The van der Waals surface area contributed by atoms with Gasteiger partial charge in [-0.25, -0.2) is 0 Å². The van der Waals surface area contributed by atoms with E-state index in [2.05, 4.69) is 5.32 Å². The van der Waals surface area contributed by atoms with Crippen molar-refractivity contribution < 1.29 is 19.0 Å². The smallest absolute Gasteiger partial charge is 0.255 e. The average Bonchev–Trinajstić information content (AvgIpc) is 2.73. The molecule has 3 aromatic carbocycles. The molecule has 0 saturated heterocycles. The van der Waals surface area contributed by atoms with E-state index in [-0.39, 0.29) is 5.91 Å². The minimum atomic E-state index is -0.250. The molecule has 3 aromatic rings. The lowest BCUT2D eigenvalue weighted by molar-refractivity contribution is 0.102. The first-order valence-corrected chi connectivity index (χ1v) is 8.63. The zero-order valence-corrected chi connectivity index (χ0v) is 16.0. The maximum atomic E-state index is 12.8. The van der Waals surface area contributed by atoms with E-state index >= 15 is 0 Å². The number of carbonyl (C=O) groups is 1. The number of hydrogen-bond acceptors (Lipinski definition) is 5. The van der Waals surface area contributed by atoms with Gasteiger partial charge >= 0.3 is 0 Å². The van der Waals surface area contributed by atoms with Gasteiger partial charge in [0.25, 0.3) is 5.91 Å². The van der Waals surface area contributed by atoms with Crippen LogP contribution < -0.4 is 25.3 Å². The second kappa shape index (κ2) is 8.35. The van der Waals surface area contributed by atoms with E-state index in [4.69, 9.17) is 19.9 Å². The second-order valence-electron chi connectivity index (χ2n) is 6.07. The Bertz CT molecular complexity index is 976. The van der Waals surface area contributed by atoms with Crippen molar-refractivity contribution in [3.05, 3.63) is 66.2 Å². The molecule has 0 fully saturated rings. The summed E-state index contributed by atoms with van der Waals surface area (Å²) in [4.78, 5) is 12.8. The van der Waals surface area contributed by atoms with Crippen LogP contribution in [0.25, 0.3) is 11.1 Å².